The maximum absolute atomic E-state index is 9.72. The van der Waals surface area contributed by atoms with Crippen molar-refractivity contribution in [3.05, 3.63) is 11.8 Å². The van der Waals surface area contributed by atoms with Gasteiger partial charge in [0.1, 0.15) is 6.61 Å². The number of nitrogens with zero attached hydrogens (tertiary/aromatic N) is 2. The van der Waals surface area contributed by atoms with E-state index in [1.807, 2.05) is 11.7 Å². The van der Waals surface area contributed by atoms with Crippen molar-refractivity contribution >= 4 is 0 Å². The van der Waals surface area contributed by atoms with Crippen molar-refractivity contribution in [2.75, 3.05) is 6.61 Å². The number of aryl methyl sites for hydroxylation is 1. The molecule has 2 fully saturated rings. The van der Waals surface area contributed by atoms with Gasteiger partial charge in [0.15, 0.2) is 0 Å². The maximum Gasteiger partial charge on any atom is 0.233 e. The molecule has 1 aromatic heterocycles. The van der Waals surface area contributed by atoms with Crippen LogP contribution in [-0.2, 0) is 7.05 Å². The van der Waals surface area contributed by atoms with Gasteiger partial charge in [-0.05, 0) is 38.5 Å². The maximum atomic E-state index is 9.72. The molecule has 4 heteroatoms. The van der Waals surface area contributed by atoms with Crippen molar-refractivity contribution in [1.82, 2.24) is 9.78 Å². The van der Waals surface area contributed by atoms with Crippen molar-refractivity contribution in [3.8, 4) is 5.88 Å². The highest BCUT2D eigenvalue weighted by Gasteiger charge is 2.38. The van der Waals surface area contributed by atoms with Gasteiger partial charge in [-0.15, -0.1) is 5.10 Å². The average molecular weight is 278 g/mol. The van der Waals surface area contributed by atoms with Crippen LogP contribution in [0.2, 0.25) is 0 Å². The Morgan fingerprint density at radius 3 is 2.60 bits per heavy atom. The van der Waals surface area contributed by atoms with Crippen LogP contribution < -0.4 is 4.74 Å². The van der Waals surface area contributed by atoms with Gasteiger partial charge in [-0.1, -0.05) is 19.3 Å². The quantitative estimate of drug-likeness (QED) is 0.921. The Hall–Kier alpha value is -1.03. The molecule has 2 saturated carbocycles. The third-order valence-corrected chi connectivity index (χ3v) is 4.88. The van der Waals surface area contributed by atoms with Gasteiger partial charge < -0.3 is 9.84 Å². The smallest absolute Gasteiger partial charge is 0.233 e. The van der Waals surface area contributed by atoms with E-state index < -0.39 is 5.60 Å². The fraction of sp³-hybridized carbons (Fsp3) is 0.812. The van der Waals surface area contributed by atoms with Gasteiger partial charge in [0, 0.05) is 24.7 Å². The second kappa shape index (κ2) is 5.06. The van der Waals surface area contributed by atoms with Gasteiger partial charge in [0.05, 0.1) is 5.60 Å². The van der Waals surface area contributed by atoms with E-state index in [2.05, 4.69) is 11.2 Å². The zero-order valence-electron chi connectivity index (χ0n) is 12.8. The van der Waals surface area contributed by atoms with Crippen LogP contribution in [0, 0.1) is 11.8 Å². The summed E-state index contributed by atoms with van der Waals surface area (Å²) in [6, 6.07) is 2.07. The summed E-state index contributed by atoms with van der Waals surface area (Å²) in [5.41, 5.74) is 0.479. The number of aliphatic hydroxyl groups is 1. The topological polar surface area (TPSA) is 47.3 Å². The molecule has 3 rings (SSSR count). The normalized spacial score (nSPS) is 29.7. The molecule has 3 atom stereocenters. The molecule has 0 amide bonds. The van der Waals surface area contributed by atoms with Crippen molar-refractivity contribution in [2.24, 2.45) is 18.9 Å². The van der Waals surface area contributed by atoms with Crippen LogP contribution in [0.15, 0.2) is 6.07 Å². The van der Waals surface area contributed by atoms with Crippen molar-refractivity contribution in [2.45, 2.75) is 57.5 Å². The highest BCUT2D eigenvalue weighted by Crippen LogP contribution is 2.50. The van der Waals surface area contributed by atoms with Crippen molar-refractivity contribution < 1.29 is 9.84 Å². The molecule has 4 nitrogen and oxygen atoms in total. The lowest BCUT2D eigenvalue weighted by atomic mass is 10.00. The first-order valence-corrected chi connectivity index (χ1v) is 7.81. The number of ether oxygens (including phenoxy) is 1. The second-order valence-electron chi connectivity index (χ2n) is 7.25. The molecule has 0 saturated heterocycles. The van der Waals surface area contributed by atoms with Crippen LogP contribution >= 0.6 is 0 Å². The molecule has 1 aromatic rings. The molecule has 0 aromatic carbocycles. The molecule has 1 N–H and O–H groups in total. The minimum atomic E-state index is -0.817. The molecule has 2 aliphatic carbocycles. The van der Waals surface area contributed by atoms with Crippen LogP contribution in [-0.4, -0.2) is 27.1 Å². The molecule has 112 valence electrons. The predicted octanol–water partition coefficient (Wildman–Crippen LogP) is 2.86. The van der Waals surface area contributed by atoms with E-state index in [9.17, 15) is 5.11 Å². The molecule has 1 unspecified atom stereocenters. The number of rotatable bonds is 4. The van der Waals surface area contributed by atoms with Gasteiger partial charge >= 0.3 is 0 Å². The molecular weight excluding hydrogens is 252 g/mol. The molecule has 0 aliphatic heterocycles. The molecule has 1 heterocycles. The van der Waals surface area contributed by atoms with E-state index in [0.29, 0.717) is 11.8 Å². The van der Waals surface area contributed by atoms with Crippen LogP contribution in [0.1, 0.15) is 57.6 Å². The molecular formula is C16H26N2O2. The van der Waals surface area contributed by atoms with Crippen molar-refractivity contribution in [3.63, 3.8) is 0 Å². The summed E-state index contributed by atoms with van der Waals surface area (Å²) in [4.78, 5) is 0. The fourth-order valence-electron chi connectivity index (χ4n) is 3.96. The minimum absolute atomic E-state index is 0.277. The third-order valence-electron chi connectivity index (χ3n) is 4.88. The van der Waals surface area contributed by atoms with E-state index in [-0.39, 0.29) is 6.61 Å². The van der Waals surface area contributed by atoms with Crippen LogP contribution in [0.25, 0.3) is 0 Å². The van der Waals surface area contributed by atoms with Crippen LogP contribution in [0.3, 0.4) is 0 Å². The molecule has 20 heavy (non-hydrogen) atoms. The molecule has 0 spiro atoms. The van der Waals surface area contributed by atoms with E-state index in [0.717, 1.165) is 11.8 Å². The van der Waals surface area contributed by atoms with Crippen LogP contribution in [0.5, 0.6) is 5.88 Å². The Morgan fingerprint density at radius 1 is 1.35 bits per heavy atom. The highest BCUT2D eigenvalue weighted by molar-refractivity contribution is 5.21. The number of hydrogen-bond acceptors (Lipinski definition) is 3. The highest BCUT2D eigenvalue weighted by atomic mass is 16.5. The summed E-state index contributed by atoms with van der Waals surface area (Å²) in [6.07, 6.45) is 6.89. The Kier molecular flexibility index (Phi) is 3.53. The first-order chi connectivity index (χ1) is 9.42. The summed E-state index contributed by atoms with van der Waals surface area (Å²) < 4.78 is 7.57. The van der Waals surface area contributed by atoms with E-state index >= 15 is 0 Å². The zero-order chi connectivity index (χ0) is 14.3. The summed E-state index contributed by atoms with van der Waals surface area (Å²) in [6.45, 7) is 3.77. The second-order valence-corrected chi connectivity index (χ2v) is 7.25. The molecule has 2 aliphatic rings. The molecule has 0 radical (unpaired) electrons. The van der Waals surface area contributed by atoms with Gasteiger partial charge in [-0.2, -0.15) is 0 Å². The summed E-state index contributed by atoms with van der Waals surface area (Å²) in [5.74, 6) is 3.16. The number of hydrogen-bond donors (Lipinski definition) is 1. The SMILES string of the molecule is Cn1nc(OCC(C)(C)O)cc1C1C[C@H]2CCC[C@H]2C1. The summed E-state index contributed by atoms with van der Waals surface area (Å²) >= 11 is 0. The van der Waals surface area contributed by atoms with E-state index in [1.165, 1.54) is 37.8 Å². The van der Waals surface area contributed by atoms with Gasteiger partial charge in [-0.25, -0.2) is 0 Å². The lowest BCUT2D eigenvalue weighted by molar-refractivity contribution is 0.0266. The van der Waals surface area contributed by atoms with E-state index in [1.54, 1.807) is 13.8 Å². The predicted molar refractivity (Wildman–Crippen MR) is 77.8 cm³/mol. The largest absolute Gasteiger partial charge is 0.474 e. The number of aromatic nitrogens is 2. The van der Waals surface area contributed by atoms with Crippen molar-refractivity contribution in [1.29, 1.82) is 0 Å². The first kappa shape index (κ1) is 13.9. The lowest BCUT2D eigenvalue weighted by Gasteiger charge is -2.16. The van der Waals surface area contributed by atoms with Gasteiger partial charge in [0.25, 0.3) is 0 Å². The third kappa shape index (κ3) is 2.85. The van der Waals surface area contributed by atoms with Gasteiger partial charge in [-0.3, -0.25) is 4.68 Å². The fourth-order valence-corrected chi connectivity index (χ4v) is 3.96. The average Bonchev–Trinajstić information content (AvgIpc) is 2.98. The minimum Gasteiger partial charge on any atom is -0.474 e. The standard InChI is InChI=1S/C16H26N2O2/c1-16(2,19)10-20-15-9-14(18(3)17-15)13-7-11-5-4-6-12(11)8-13/h9,11-13,19H,4-8,10H2,1-3H3/t11-,12+,13?. The Labute approximate surface area is 121 Å². The van der Waals surface area contributed by atoms with Crippen LogP contribution in [0.4, 0.5) is 0 Å². The van der Waals surface area contributed by atoms with Gasteiger partial charge in [0.2, 0.25) is 5.88 Å². The Morgan fingerprint density at radius 2 is 2.00 bits per heavy atom. The summed E-state index contributed by atoms with van der Waals surface area (Å²) in [7, 11) is 2.00. The Bertz CT molecular complexity index is 463. The summed E-state index contributed by atoms with van der Waals surface area (Å²) in [5, 5.41) is 14.2. The lowest BCUT2D eigenvalue weighted by Crippen LogP contribution is -2.27. The first-order valence-electron chi connectivity index (χ1n) is 7.81. The van der Waals surface area contributed by atoms with E-state index in [4.69, 9.17) is 4.74 Å². The zero-order valence-corrected chi connectivity index (χ0v) is 12.8. The Balaban J connectivity index is 1.67. The number of fused-ring (bicyclic) bond motifs is 1. The monoisotopic (exact) mass is 278 g/mol. The molecule has 0 bridgehead atoms.